The van der Waals surface area contributed by atoms with Crippen LogP contribution in [0.15, 0.2) is 42.9 Å². The number of ether oxygens (including phenoxy) is 1. The van der Waals surface area contributed by atoms with Gasteiger partial charge in [0.25, 0.3) is 5.91 Å². The summed E-state index contributed by atoms with van der Waals surface area (Å²) in [5, 5.41) is 16.4. The molecule has 1 fully saturated rings. The number of nitrogens with zero attached hydrogens (tertiary/aromatic N) is 5. The number of pyridine rings is 1. The SMILES string of the molecule is CCNc1cc2c(cn1)c(-c1cnn(C)c1)nn2[C@H]1CC[C@@H](Oc2ccc(C(=O)NC(C)C)cc2F)CC1. The first-order valence-electron chi connectivity index (χ1n) is 13.2. The Balaban J connectivity index is 1.32. The van der Waals surface area contributed by atoms with Crippen molar-refractivity contribution in [2.24, 2.45) is 7.05 Å². The van der Waals surface area contributed by atoms with Gasteiger partial charge in [0.2, 0.25) is 0 Å². The van der Waals surface area contributed by atoms with E-state index in [0.29, 0.717) is 0 Å². The molecule has 5 rings (SSSR count). The number of carbonyl (C=O) groups is 1. The molecule has 0 atom stereocenters. The number of benzene rings is 1. The highest BCUT2D eigenvalue weighted by molar-refractivity contribution is 5.94. The van der Waals surface area contributed by atoms with Crippen molar-refractivity contribution in [3.8, 4) is 17.0 Å². The summed E-state index contributed by atoms with van der Waals surface area (Å²) in [6, 6.07) is 6.62. The Kier molecular flexibility index (Phi) is 7.31. The van der Waals surface area contributed by atoms with Gasteiger partial charge in [-0.1, -0.05) is 0 Å². The molecule has 1 saturated carbocycles. The third-order valence-electron chi connectivity index (χ3n) is 6.83. The Morgan fingerprint density at radius 3 is 2.63 bits per heavy atom. The zero-order valence-corrected chi connectivity index (χ0v) is 22.2. The highest BCUT2D eigenvalue weighted by Gasteiger charge is 2.27. The lowest BCUT2D eigenvalue weighted by atomic mass is 9.93. The Hall–Kier alpha value is -3.95. The molecule has 0 radical (unpaired) electrons. The fourth-order valence-corrected chi connectivity index (χ4v) is 5.02. The number of fused-ring (bicyclic) bond motifs is 1. The molecule has 2 N–H and O–H groups in total. The quantitative estimate of drug-likeness (QED) is 0.336. The van der Waals surface area contributed by atoms with Gasteiger partial charge in [-0.2, -0.15) is 10.2 Å². The number of nitrogens with one attached hydrogen (secondary N) is 2. The molecule has 3 heterocycles. The van der Waals surface area contributed by atoms with Crippen LogP contribution in [0, 0.1) is 5.82 Å². The van der Waals surface area contributed by atoms with Gasteiger partial charge in [0.05, 0.1) is 23.9 Å². The molecule has 4 aromatic rings. The number of amides is 1. The summed E-state index contributed by atoms with van der Waals surface area (Å²) in [6.45, 7) is 6.56. The second kappa shape index (κ2) is 10.8. The average Bonchev–Trinajstić information content (AvgIpc) is 3.49. The minimum absolute atomic E-state index is 0.0187. The third kappa shape index (κ3) is 5.34. The number of hydrogen-bond acceptors (Lipinski definition) is 6. The van der Waals surface area contributed by atoms with Gasteiger partial charge >= 0.3 is 0 Å². The van der Waals surface area contributed by atoms with E-state index in [4.69, 9.17) is 9.84 Å². The van der Waals surface area contributed by atoms with Crippen LogP contribution in [0.2, 0.25) is 0 Å². The maximum atomic E-state index is 14.7. The summed E-state index contributed by atoms with van der Waals surface area (Å²) in [6.07, 6.45) is 8.80. The van der Waals surface area contributed by atoms with Crippen molar-refractivity contribution >= 4 is 22.6 Å². The van der Waals surface area contributed by atoms with E-state index in [1.54, 1.807) is 16.8 Å². The lowest BCUT2D eigenvalue weighted by Crippen LogP contribution is -2.30. The van der Waals surface area contributed by atoms with Crippen LogP contribution in [0.4, 0.5) is 10.2 Å². The van der Waals surface area contributed by atoms with Crippen LogP contribution in [0.3, 0.4) is 0 Å². The molecule has 0 unspecified atom stereocenters. The molecule has 1 amide bonds. The standard InChI is InChI=1S/C28H34FN7O2/c1-5-30-26-13-24-22(15-31-26)27(19-14-32-35(4)16-19)34-36(24)20-7-9-21(10-8-20)38-25-11-6-18(12-23(25)29)28(37)33-17(2)3/h6,11-17,20-21H,5,7-10H2,1-4H3,(H,30,31)(H,33,37)/t20-,21+. The number of aromatic nitrogens is 5. The summed E-state index contributed by atoms with van der Waals surface area (Å²) in [5.74, 6) is 0.179. The highest BCUT2D eigenvalue weighted by atomic mass is 19.1. The zero-order valence-electron chi connectivity index (χ0n) is 22.2. The van der Waals surface area contributed by atoms with Crippen molar-refractivity contribution in [2.45, 2.75) is 64.6 Å². The lowest BCUT2D eigenvalue weighted by molar-refractivity contribution is 0.0942. The van der Waals surface area contributed by atoms with E-state index >= 15 is 0 Å². The van der Waals surface area contributed by atoms with Crippen LogP contribution in [-0.4, -0.2) is 49.1 Å². The molecule has 1 aromatic carbocycles. The van der Waals surface area contributed by atoms with E-state index in [9.17, 15) is 9.18 Å². The monoisotopic (exact) mass is 519 g/mol. The van der Waals surface area contributed by atoms with E-state index in [-0.39, 0.29) is 35.4 Å². The van der Waals surface area contributed by atoms with Gasteiger partial charge in [-0.05, 0) is 64.7 Å². The minimum Gasteiger partial charge on any atom is -0.487 e. The maximum absolute atomic E-state index is 14.7. The van der Waals surface area contributed by atoms with Gasteiger partial charge in [0.15, 0.2) is 11.6 Å². The molecule has 0 spiro atoms. The Labute approximate surface area is 221 Å². The first-order chi connectivity index (χ1) is 18.3. The summed E-state index contributed by atoms with van der Waals surface area (Å²) < 4.78 is 24.7. The van der Waals surface area contributed by atoms with Gasteiger partial charge in [0.1, 0.15) is 11.5 Å². The van der Waals surface area contributed by atoms with E-state index < -0.39 is 5.82 Å². The van der Waals surface area contributed by atoms with E-state index in [2.05, 4.69) is 31.5 Å². The second-order valence-corrected chi connectivity index (χ2v) is 10.1. The van der Waals surface area contributed by atoms with Crippen LogP contribution >= 0.6 is 0 Å². The van der Waals surface area contributed by atoms with Gasteiger partial charge in [-0.15, -0.1) is 0 Å². The van der Waals surface area contributed by atoms with Crippen LogP contribution in [0.5, 0.6) is 5.75 Å². The number of aryl methyl sites for hydroxylation is 1. The van der Waals surface area contributed by atoms with Crippen molar-refractivity contribution in [1.82, 2.24) is 29.9 Å². The second-order valence-electron chi connectivity index (χ2n) is 10.1. The molecule has 0 aliphatic heterocycles. The summed E-state index contributed by atoms with van der Waals surface area (Å²) in [4.78, 5) is 16.8. The van der Waals surface area contributed by atoms with Gasteiger partial charge < -0.3 is 15.4 Å². The molecule has 200 valence electrons. The fraction of sp³-hybridized carbons (Fsp3) is 0.429. The van der Waals surface area contributed by atoms with Gasteiger partial charge in [0, 0.05) is 54.6 Å². The first kappa shape index (κ1) is 25.7. The van der Waals surface area contributed by atoms with Crippen LogP contribution in [0.25, 0.3) is 22.2 Å². The predicted molar refractivity (Wildman–Crippen MR) is 145 cm³/mol. The fourth-order valence-electron chi connectivity index (χ4n) is 5.02. The predicted octanol–water partition coefficient (Wildman–Crippen LogP) is 5.10. The van der Waals surface area contributed by atoms with Crippen molar-refractivity contribution in [3.63, 3.8) is 0 Å². The Bertz CT molecular complexity index is 1440. The molecular weight excluding hydrogens is 485 g/mol. The largest absolute Gasteiger partial charge is 0.487 e. The topological polar surface area (TPSA) is 98.9 Å². The number of anilines is 1. The third-order valence-corrected chi connectivity index (χ3v) is 6.83. The Morgan fingerprint density at radius 1 is 1.18 bits per heavy atom. The molecule has 0 saturated heterocycles. The molecule has 3 aromatic heterocycles. The number of hydrogen-bond donors (Lipinski definition) is 2. The van der Waals surface area contributed by atoms with E-state index in [1.165, 1.54) is 6.07 Å². The smallest absolute Gasteiger partial charge is 0.251 e. The average molecular weight is 520 g/mol. The minimum atomic E-state index is -0.522. The summed E-state index contributed by atoms with van der Waals surface area (Å²) in [7, 11) is 1.89. The zero-order chi connectivity index (χ0) is 26.8. The van der Waals surface area contributed by atoms with Crippen molar-refractivity contribution in [2.75, 3.05) is 11.9 Å². The molecule has 1 aliphatic carbocycles. The Morgan fingerprint density at radius 2 is 1.97 bits per heavy atom. The van der Waals surface area contributed by atoms with Crippen LogP contribution in [-0.2, 0) is 7.05 Å². The molecule has 10 heteroatoms. The molecular formula is C28H34FN7O2. The van der Waals surface area contributed by atoms with Crippen LogP contribution in [0.1, 0.15) is 62.9 Å². The number of halogens is 1. The summed E-state index contributed by atoms with van der Waals surface area (Å²) in [5.41, 5.74) is 3.13. The number of carbonyl (C=O) groups excluding carboxylic acids is 1. The highest BCUT2D eigenvalue weighted by Crippen LogP contribution is 2.36. The molecule has 38 heavy (non-hydrogen) atoms. The first-order valence-corrected chi connectivity index (χ1v) is 13.2. The van der Waals surface area contributed by atoms with Crippen molar-refractivity contribution in [1.29, 1.82) is 0 Å². The molecule has 9 nitrogen and oxygen atoms in total. The van der Waals surface area contributed by atoms with Crippen LogP contribution < -0.4 is 15.4 Å². The normalized spacial score (nSPS) is 17.6. The van der Waals surface area contributed by atoms with Gasteiger partial charge in [-0.3, -0.25) is 14.2 Å². The lowest BCUT2D eigenvalue weighted by Gasteiger charge is -2.29. The van der Waals surface area contributed by atoms with E-state index in [0.717, 1.165) is 60.2 Å². The molecule has 0 bridgehead atoms. The van der Waals surface area contributed by atoms with E-state index in [1.807, 2.05) is 46.4 Å². The molecule has 1 aliphatic rings. The number of rotatable bonds is 8. The summed E-state index contributed by atoms with van der Waals surface area (Å²) >= 11 is 0. The van der Waals surface area contributed by atoms with Crippen molar-refractivity contribution in [3.05, 3.63) is 54.2 Å². The van der Waals surface area contributed by atoms with Crippen molar-refractivity contribution < 1.29 is 13.9 Å². The van der Waals surface area contributed by atoms with Gasteiger partial charge in [-0.25, -0.2) is 9.37 Å². The maximum Gasteiger partial charge on any atom is 0.251 e.